The molecule has 0 saturated heterocycles. The summed E-state index contributed by atoms with van der Waals surface area (Å²) in [5.41, 5.74) is 1.01. The highest BCUT2D eigenvalue weighted by molar-refractivity contribution is 9.10. The van der Waals surface area contributed by atoms with Crippen molar-refractivity contribution in [2.45, 2.75) is 0 Å². The predicted octanol–water partition coefficient (Wildman–Crippen LogP) is 2.68. The van der Waals surface area contributed by atoms with Crippen molar-refractivity contribution in [2.75, 3.05) is 5.32 Å². The number of pyridine rings is 1. The Morgan fingerprint density at radius 2 is 2.00 bits per heavy atom. The fraction of sp³-hybridized carbons (Fsp3) is 0. The smallest absolute Gasteiger partial charge is 0.279 e. The zero-order valence-electron chi connectivity index (χ0n) is 10.8. The third kappa shape index (κ3) is 3.14. The van der Waals surface area contributed by atoms with E-state index >= 15 is 0 Å². The van der Waals surface area contributed by atoms with Gasteiger partial charge in [0, 0.05) is 10.7 Å². The molecular weight excluding hydrogens is 334 g/mol. The molecule has 0 aliphatic heterocycles. The minimum Gasteiger partial charge on any atom is -0.305 e. The quantitative estimate of drug-likeness (QED) is 0.793. The molecule has 0 fully saturated rings. The molecule has 0 aliphatic carbocycles. The monoisotopic (exact) mass is 343 g/mol. The van der Waals surface area contributed by atoms with E-state index in [0.29, 0.717) is 5.82 Å². The topological polar surface area (TPSA) is 72.7 Å². The molecule has 6 nitrogen and oxygen atoms in total. The molecule has 0 unspecified atom stereocenters. The minimum absolute atomic E-state index is 0.223. The molecule has 0 saturated carbocycles. The summed E-state index contributed by atoms with van der Waals surface area (Å²) in [6.45, 7) is 0. The van der Waals surface area contributed by atoms with Crippen molar-refractivity contribution in [1.82, 2.24) is 20.0 Å². The molecular formula is C14H10BrN5O. The van der Waals surface area contributed by atoms with E-state index in [9.17, 15) is 4.79 Å². The normalized spacial score (nSPS) is 10.3. The summed E-state index contributed by atoms with van der Waals surface area (Å²) in [6, 6.07) is 12.9. The van der Waals surface area contributed by atoms with E-state index in [0.717, 1.165) is 10.2 Å². The lowest BCUT2D eigenvalue weighted by atomic mass is 10.3. The third-order valence-electron chi connectivity index (χ3n) is 2.68. The molecule has 0 bridgehead atoms. The highest BCUT2D eigenvalue weighted by Crippen LogP contribution is 2.13. The van der Waals surface area contributed by atoms with Crippen LogP contribution in [-0.4, -0.2) is 25.9 Å². The van der Waals surface area contributed by atoms with Gasteiger partial charge in [-0.05, 0) is 24.3 Å². The molecule has 0 spiro atoms. The van der Waals surface area contributed by atoms with Crippen LogP contribution < -0.4 is 5.32 Å². The Morgan fingerprint density at radius 1 is 1.19 bits per heavy atom. The molecule has 2 heterocycles. The maximum Gasteiger partial charge on any atom is 0.279 e. The Kier molecular flexibility index (Phi) is 3.74. The number of carbonyl (C=O) groups is 1. The Morgan fingerprint density at radius 3 is 2.76 bits per heavy atom. The van der Waals surface area contributed by atoms with Crippen molar-refractivity contribution in [2.24, 2.45) is 0 Å². The Bertz CT molecular complexity index is 772. The summed E-state index contributed by atoms with van der Waals surface area (Å²) in [5, 5.41) is 10.9. The number of para-hydroxylation sites is 1. The maximum absolute atomic E-state index is 12.1. The van der Waals surface area contributed by atoms with Crippen LogP contribution >= 0.6 is 15.9 Å². The van der Waals surface area contributed by atoms with Crippen molar-refractivity contribution in [3.63, 3.8) is 0 Å². The van der Waals surface area contributed by atoms with Crippen molar-refractivity contribution in [3.8, 4) is 5.69 Å². The van der Waals surface area contributed by atoms with Gasteiger partial charge in [0.1, 0.15) is 5.82 Å². The SMILES string of the molecule is O=C(Nc1cc(Br)ccn1)c1cnn(-c2ccccc2)n1. The highest BCUT2D eigenvalue weighted by Gasteiger charge is 2.12. The zero-order chi connectivity index (χ0) is 14.7. The molecule has 1 N–H and O–H groups in total. The fourth-order valence-corrected chi connectivity index (χ4v) is 2.04. The second-order valence-corrected chi connectivity index (χ2v) is 5.08. The van der Waals surface area contributed by atoms with Crippen LogP contribution in [0.1, 0.15) is 10.5 Å². The van der Waals surface area contributed by atoms with Crippen molar-refractivity contribution < 1.29 is 4.79 Å². The first-order valence-corrected chi connectivity index (χ1v) is 6.92. The third-order valence-corrected chi connectivity index (χ3v) is 3.17. The molecule has 0 atom stereocenters. The standard InChI is InChI=1S/C14H10BrN5O/c15-10-6-7-16-13(8-10)18-14(21)12-9-17-20(19-12)11-4-2-1-3-5-11/h1-9H,(H,16,18,21). The van der Waals surface area contributed by atoms with Gasteiger partial charge in [-0.25, -0.2) is 4.98 Å². The number of hydrogen-bond donors (Lipinski definition) is 1. The van der Waals surface area contributed by atoms with Gasteiger partial charge in [-0.3, -0.25) is 4.79 Å². The van der Waals surface area contributed by atoms with Gasteiger partial charge in [-0.1, -0.05) is 34.1 Å². The molecule has 0 aliphatic rings. The fourth-order valence-electron chi connectivity index (χ4n) is 1.71. The number of carbonyl (C=O) groups excluding carboxylic acids is 1. The first-order chi connectivity index (χ1) is 10.2. The number of aromatic nitrogens is 4. The first-order valence-electron chi connectivity index (χ1n) is 6.13. The average Bonchev–Trinajstić information content (AvgIpc) is 2.98. The molecule has 3 rings (SSSR count). The summed E-state index contributed by atoms with van der Waals surface area (Å²) in [7, 11) is 0. The number of nitrogens with zero attached hydrogens (tertiary/aromatic N) is 4. The van der Waals surface area contributed by atoms with E-state index in [2.05, 4.69) is 36.4 Å². The van der Waals surface area contributed by atoms with Crippen molar-refractivity contribution >= 4 is 27.7 Å². The van der Waals surface area contributed by atoms with Gasteiger partial charge in [0.25, 0.3) is 5.91 Å². The van der Waals surface area contributed by atoms with E-state index in [1.807, 2.05) is 30.3 Å². The van der Waals surface area contributed by atoms with Gasteiger partial charge in [-0.15, -0.1) is 5.10 Å². The van der Waals surface area contributed by atoms with Crippen molar-refractivity contribution in [3.05, 3.63) is 65.0 Å². The van der Waals surface area contributed by atoms with E-state index in [4.69, 9.17) is 0 Å². The Balaban J connectivity index is 1.78. The van der Waals surface area contributed by atoms with Crippen LogP contribution in [0.2, 0.25) is 0 Å². The number of anilines is 1. The van der Waals surface area contributed by atoms with Gasteiger partial charge in [0.2, 0.25) is 0 Å². The number of rotatable bonds is 3. The van der Waals surface area contributed by atoms with Crippen LogP contribution in [0, 0.1) is 0 Å². The largest absolute Gasteiger partial charge is 0.305 e. The zero-order valence-corrected chi connectivity index (χ0v) is 12.4. The van der Waals surface area contributed by atoms with Crippen molar-refractivity contribution in [1.29, 1.82) is 0 Å². The number of halogens is 1. The Hall–Kier alpha value is -2.54. The summed E-state index contributed by atoms with van der Waals surface area (Å²) in [4.78, 5) is 17.5. The molecule has 21 heavy (non-hydrogen) atoms. The van der Waals surface area contributed by atoms with E-state index in [1.54, 1.807) is 18.3 Å². The number of nitrogens with one attached hydrogen (secondary N) is 1. The molecule has 0 radical (unpaired) electrons. The summed E-state index contributed by atoms with van der Waals surface area (Å²) >= 11 is 3.32. The molecule has 1 amide bonds. The lowest BCUT2D eigenvalue weighted by Gasteiger charge is -2.02. The van der Waals surface area contributed by atoms with Crippen LogP contribution in [0.4, 0.5) is 5.82 Å². The lowest BCUT2D eigenvalue weighted by molar-refractivity contribution is 0.102. The summed E-state index contributed by atoms with van der Waals surface area (Å²) < 4.78 is 0.834. The highest BCUT2D eigenvalue weighted by atomic mass is 79.9. The van der Waals surface area contributed by atoms with E-state index in [-0.39, 0.29) is 11.6 Å². The van der Waals surface area contributed by atoms with Crippen LogP contribution in [0.5, 0.6) is 0 Å². The summed E-state index contributed by atoms with van der Waals surface area (Å²) in [6.07, 6.45) is 3.01. The van der Waals surface area contributed by atoms with Gasteiger partial charge < -0.3 is 5.32 Å². The molecule has 1 aromatic carbocycles. The van der Waals surface area contributed by atoms with Gasteiger partial charge in [0.05, 0.1) is 11.9 Å². The van der Waals surface area contributed by atoms with Crippen LogP contribution in [0.3, 0.4) is 0 Å². The number of amides is 1. The predicted molar refractivity (Wildman–Crippen MR) is 81.2 cm³/mol. The second-order valence-electron chi connectivity index (χ2n) is 4.17. The first kappa shape index (κ1) is 13.4. The second kappa shape index (κ2) is 5.84. The Labute approximate surface area is 129 Å². The van der Waals surface area contributed by atoms with Crippen LogP contribution in [-0.2, 0) is 0 Å². The van der Waals surface area contributed by atoms with Crippen LogP contribution in [0.25, 0.3) is 5.69 Å². The van der Waals surface area contributed by atoms with Gasteiger partial charge in [0.15, 0.2) is 5.69 Å². The average molecular weight is 344 g/mol. The van der Waals surface area contributed by atoms with Gasteiger partial charge in [-0.2, -0.15) is 9.90 Å². The van der Waals surface area contributed by atoms with Gasteiger partial charge >= 0.3 is 0 Å². The minimum atomic E-state index is -0.359. The van der Waals surface area contributed by atoms with E-state index in [1.165, 1.54) is 11.0 Å². The maximum atomic E-state index is 12.1. The molecule has 3 aromatic rings. The van der Waals surface area contributed by atoms with E-state index < -0.39 is 0 Å². The summed E-state index contributed by atoms with van der Waals surface area (Å²) in [5.74, 6) is 0.0893. The molecule has 2 aromatic heterocycles. The number of benzene rings is 1. The molecule has 7 heteroatoms. The lowest BCUT2D eigenvalue weighted by Crippen LogP contribution is -2.14. The van der Waals surface area contributed by atoms with Crippen LogP contribution in [0.15, 0.2) is 59.3 Å². The number of hydrogen-bond acceptors (Lipinski definition) is 4. The molecule has 104 valence electrons.